The lowest BCUT2D eigenvalue weighted by atomic mass is 10.2. The number of anilines is 1. The van der Waals surface area contributed by atoms with E-state index in [1.165, 1.54) is 6.20 Å². The van der Waals surface area contributed by atoms with Crippen molar-refractivity contribution < 1.29 is 17.9 Å². The van der Waals surface area contributed by atoms with Crippen LogP contribution in [0.4, 0.5) is 5.69 Å². The summed E-state index contributed by atoms with van der Waals surface area (Å²) in [6.45, 7) is 1.03. The van der Waals surface area contributed by atoms with Gasteiger partial charge < -0.3 is 14.5 Å². The van der Waals surface area contributed by atoms with Crippen LogP contribution in [0.25, 0.3) is 10.9 Å². The number of aromatic amines is 1. The molecular formula is C17H16N2O4S. The van der Waals surface area contributed by atoms with Crippen LogP contribution in [0.5, 0.6) is 5.75 Å². The van der Waals surface area contributed by atoms with E-state index in [-0.39, 0.29) is 11.0 Å². The third-order valence-corrected chi connectivity index (χ3v) is 5.28. The predicted molar refractivity (Wildman–Crippen MR) is 90.8 cm³/mol. The molecular weight excluding hydrogens is 328 g/mol. The molecule has 0 aliphatic carbocycles. The fraction of sp³-hybridized carbons (Fsp3) is 0.176. The zero-order valence-corrected chi connectivity index (χ0v) is 13.5. The minimum Gasteiger partial charge on any atom is -0.483 e. The summed E-state index contributed by atoms with van der Waals surface area (Å²) in [4.78, 5) is 3.19. The zero-order chi connectivity index (χ0) is 16.6. The first-order valence-corrected chi connectivity index (χ1v) is 9.04. The fourth-order valence-electron chi connectivity index (χ4n) is 2.58. The Balaban J connectivity index is 1.67. The van der Waals surface area contributed by atoms with E-state index in [1.807, 2.05) is 18.2 Å². The van der Waals surface area contributed by atoms with Crippen molar-refractivity contribution >= 4 is 26.6 Å². The van der Waals surface area contributed by atoms with E-state index in [0.717, 1.165) is 5.52 Å². The summed E-state index contributed by atoms with van der Waals surface area (Å²) in [5, 5.41) is 0.649. The van der Waals surface area contributed by atoms with Crippen LogP contribution in [0.15, 0.2) is 59.6 Å². The smallest absolute Gasteiger partial charge is 0.264 e. The molecule has 24 heavy (non-hydrogen) atoms. The molecule has 1 aliphatic rings. The first-order chi connectivity index (χ1) is 11.6. The molecule has 0 unspecified atom stereocenters. The quantitative estimate of drug-likeness (QED) is 0.746. The van der Waals surface area contributed by atoms with Crippen LogP contribution < -0.4 is 9.46 Å². The number of benzene rings is 2. The Morgan fingerprint density at radius 3 is 2.62 bits per heavy atom. The van der Waals surface area contributed by atoms with Gasteiger partial charge in [-0.05, 0) is 18.2 Å². The summed E-state index contributed by atoms with van der Waals surface area (Å²) in [6, 6.07) is 14.3. The van der Waals surface area contributed by atoms with Gasteiger partial charge in [0.25, 0.3) is 10.0 Å². The van der Waals surface area contributed by atoms with Gasteiger partial charge in [0.15, 0.2) is 0 Å². The first kappa shape index (κ1) is 15.0. The topological polar surface area (TPSA) is 80.4 Å². The molecule has 1 aliphatic heterocycles. The van der Waals surface area contributed by atoms with Gasteiger partial charge in [-0.1, -0.05) is 30.3 Å². The molecule has 1 saturated heterocycles. The highest BCUT2D eigenvalue weighted by molar-refractivity contribution is 7.93. The van der Waals surface area contributed by atoms with Crippen LogP contribution in [0.2, 0.25) is 0 Å². The van der Waals surface area contributed by atoms with Crippen molar-refractivity contribution in [1.29, 1.82) is 0 Å². The van der Waals surface area contributed by atoms with E-state index >= 15 is 0 Å². The second-order valence-corrected chi connectivity index (χ2v) is 7.23. The van der Waals surface area contributed by atoms with Crippen molar-refractivity contribution in [2.75, 3.05) is 17.9 Å². The van der Waals surface area contributed by atoms with Gasteiger partial charge in [0.1, 0.15) is 16.7 Å². The summed E-state index contributed by atoms with van der Waals surface area (Å²) in [5.74, 6) is 0.495. The van der Waals surface area contributed by atoms with E-state index < -0.39 is 10.0 Å². The number of rotatable bonds is 5. The summed E-state index contributed by atoms with van der Waals surface area (Å²) >= 11 is 0. The molecule has 3 aromatic rings. The van der Waals surface area contributed by atoms with Gasteiger partial charge in [0, 0.05) is 17.1 Å². The normalized spacial score (nSPS) is 15.2. The Hall–Kier alpha value is -2.51. The highest BCUT2D eigenvalue weighted by atomic mass is 32.2. The fourth-order valence-corrected chi connectivity index (χ4v) is 3.83. The molecule has 1 aromatic heterocycles. The van der Waals surface area contributed by atoms with Crippen LogP contribution in [-0.2, 0) is 14.8 Å². The highest BCUT2D eigenvalue weighted by Crippen LogP contribution is 2.30. The maximum absolute atomic E-state index is 12.8. The van der Waals surface area contributed by atoms with Crippen LogP contribution in [0.1, 0.15) is 0 Å². The van der Waals surface area contributed by atoms with E-state index in [4.69, 9.17) is 9.47 Å². The van der Waals surface area contributed by atoms with E-state index in [2.05, 4.69) is 9.71 Å². The zero-order valence-electron chi connectivity index (χ0n) is 12.7. The number of H-pyrrole nitrogens is 1. The molecule has 0 atom stereocenters. The Bertz CT molecular complexity index is 977. The maximum Gasteiger partial charge on any atom is 0.264 e. The number of aromatic nitrogens is 1. The molecule has 0 saturated carbocycles. The lowest BCUT2D eigenvalue weighted by Crippen LogP contribution is -2.38. The summed E-state index contributed by atoms with van der Waals surface area (Å²) in [5.41, 5.74) is 1.18. The molecule has 2 N–H and O–H groups in total. The van der Waals surface area contributed by atoms with E-state index in [1.54, 1.807) is 30.3 Å². The highest BCUT2D eigenvalue weighted by Gasteiger charge is 2.24. The van der Waals surface area contributed by atoms with Crippen molar-refractivity contribution in [2.24, 2.45) is 0 Å². The number of hydrogen-bond donors (Lipinski definition) is 2. The number of ether oxygens (including phenoxy) is 2. The predicted octanol–water partition coefficient (Wildman–Crippen LogP) is 2.75. The lowest BCUT2D eigenvalue weighted by Gasteiger charge is -2.27. The second kappa shape index (κ2) is 5.85. The molecule has 4 rings (SSSR count). The SMILES string of the molecule is O=S(=O)(Nc1ccccc1OC1COC1)c1c[nH]c2ccccc12. The number of sulfonamides is 1. The largest absolute Gasteiger partial charge is 0.483 e. The van der Waals surface area contributed by atoms with Gasteiger partial charge in [-0.25, -0.2) is 8.42 Å². The van der Waals surface area contributed by atoms with E-state index in [9.17, 15) is 8.42 Å². The monoisotopic (exact) mass is 344 g/mol. The Kier molecular flexibility index (Phi) is 3.66. The van der Waals surface area contributed by atoms with E-state index in [0.29, 0.717) is 30.0 Å². The lowest BCUT2D eigenvalue weighted by molar-refractivity contribution is -0.0793. The Morgan fingerprint density at radius 2 is 1.83 bits per heavy atom. The second-order valence-electron chi connectivity index (χ2n) is 5.58. The first-order valence-electron chi connectivity index (χ1n) is 7.56. The van der Waals surface area contributed by atoms with Crippen LogP contribution >= 0.6 is 0 Å². The summed E-state index contributed by atoms with van der Waals surface area (Å²) in [6.07, 6.45) is 1.46. The molecule has 0 radical (unpaired) electrons. The molecule has 2 aromatic carbocycles. The Labute approximate surface area is 139 Å². The van der Waals surface area contributed by atoms with Gasteiger partial charge >= 0.3 is 0 Å². The molecule has 7 heteroatoms. The van der Waals surface area contributed by atoms with Crippen LogP contribution in [0.3, 0.4) is 0 Å². The minimum absolute atomic E-state index is 0.0382. The van der Waals surface area contributed by atoms with Crippen LogP contribution in [0, 0.1) is 0 Å². The minimum atomic E-state index is -3.74. The average molecular weight is 344 g/mol. The number of fused-ring (bicyclic) bond motifs is 1. The van der Waals surface area contributed by atoms with Crippen LogP contribution in [-0.4, -0.2) is 32.7 Å². The summed E-state index contributed by atoms with van der Waals surface area (Å²) < 4.78 is 39.1. The van der Waals surface area contributed by atoms with Gasteiger partial charge in [-0.3, -0.25) is 4.72 Å². The number of hydrogen-bond acceptors (Lipinski definition) is 4. The molecule has 6 nitrogen and oxygen atoms in total. The number of para-hydroxylation sites is 3. The molecule has 0 bridgehead atoms. The third-order valence-electron chi connectivity index (χ3n) is 3.87. The van der Waals surface area contributed by atoms with Crippen molar-refractivity contribution in [2.45, 2.75) is 11.0 Å². The third kappa shape index (κ3) is 2.72. The number of nitrogens with one attached hydrogen (secondary N) is 2. The molecule has 0 amide bonds. The van der Waals surface area contributed by atoms with Gasteiger partial charge in [0.2, 0.25) is 0 Å². The average Bonchev–Trinajstić information content (AvgIpc) is 2.97. The van der Waals surface area contributed by atoms with Crippen molar-refractivity contribution in [3.63, 3.8) is 0 Å². The van der Waals surface area contributed by atoms with Crippen molar-refractivity contribution in [3.8, 4) is 5.75 Å². The van der Waals surface area contributed by atoms with Crippen molar-refractivity contribution in [1.82, 2.24) is 4.98 Å². The molecule has 124 valence electrons. The van der Waals surface area contributed by atoms with Crippen molar-refractivity contribution in [3.05, 3.63) is 54.7 Å². The summed E-state index contributed by atoms with van der Waals surface area (Å²) in [7, 11) is -3.74. The standard InChI is InChI=1S/C17H16N2O4S/c20-24(21,17-9-18-14-6-2-1-5-13(14)17)19-15-7-3-4-8-16(15)23-12-10-22-11-12/h1-9,12,18-19H,10-11H2. The van der Waals surface area contributed by atoms with Gasteiger partial charge in [-0.15, -0.1) is 0 Å². The molecule has 1 fully saturated rings. The Morgan fingerprint density at radius 1 is 1.08 bits per heavy atom. The molecule has 2 heterocycles. The maximum atomic E-state index is 12.8. The van der Waals surface area contributed by atoms with Gasteiger partial charge in [-0.2, -0.15) is 0 Å². The van der Waals surface area contributed by atoms with Gasteiger partial charge in [0.05, 0.1) is 18.9 Å². The molecule has 0 spiro atoms.